The number of nitrogens with two attached hydrogens (primary N) is 1. The molecule has 1 aliphatic rings. The maximum Gasteiger partial charge on any atom is 0.131 e. The van der Waals surface area contributed by atoms with E-state index in [4.69, 9.17) is 17.3 Å². The van der Waals surface area contributed by atoms with Crippen molar-refractivity contribution in [2.45, 2.75) is 31.3 Å². The SMILES string of the molecule is N[C@@H]1CC=CC[C@H]1c1sc2c(NCc3ccccc3)cc(Cl)nc2c1I. The molecule has 0 bridgehead atoms. The summed E-state index contributed by atoms with van der Waals surface area (Å²) in [5.74, 6) is 0.354. The van der Waals surface area contributed by atoms with Gasteiger partial charge in [-0.2, -0.15) is 0 Å². The molecule has 3 N–H and O–H groups in total. The Morgan fingerprint density at radius 1 is 1.23 bits per heavy atom. The average Bonchev–Trinajstić information content (AvgIpc) is 2.98. The minimum Gasteiger partial charge on any atom is -0.380 e. The van der Waals surface area contributed by atoms with E-state index >= 15 is 0 Å². The van der Waals surface area contributed by atoms with Crippen LogP contribution >= 0.6 is 45.5 Å². The van der Waals surface area contributed by atoms with Crippen LogP contribution in [0, 0.1) is 3.57 Å². The highest BCUT2D eigenvalue weighted by molar-refractivity contribution is 14.1. The molecule has 6 heteroatoms. The first-order valence-electron chi connectivity index (χ1n) is 8.60. The standard InChI is InChI=1S/C20H19ClIN3S/c21-16-10-15(24-11-12-6-2-1-3-7-12)20-18(25-16)17(22)19(26-20)13-8-4-5-9-14(13)23/h1-7,10,13-14H,8-9,11,23H2,(H,24,25)/t13-,14-/m1/s1. The average molecular weight is 496 g/mol. The number of pyridine rings is 1. The van der Waals surface area contributed by atoms with Gasteiger partial charge >= 0.3 is 0 Å². The van der Waals surface area contributed by atoms with Gasteiger partial charge in [-0.05, 0) is 41.0 Å². The van der Waals surface area contributed by atoms with Gasteiger partial charge in [-0.15, -0.1) is 11.3 Å². The predicted octanol–water partition coefficient (Wildman–Crippen LogP) is 5.93. The van der Waals surface area contributed by atoms with Crippen LogP contribution in [0.25, 0.3) is 10.2 Å². The largest absolute Gasteiger partial charge is 0.380 e. The van der Waals surface area contributed by atoms with E-state index in [-0.39, 0.29) is 6.04 Å². The Hall–Kier alpha value is -1.15. The van der Waals surface area contributed by atoms with Crippen LogP contribution in [0.1, 0.15) is 29.2 Å². The zero-order valence-corrected chi connectivity index (χ0v) is 17.8. The lowest BCUT2D eigenvalue weighted by molar-refractivity contribution is 0.527. The van der Waals surface area contributed by atoms with Gasteiger partial charge in [0.05, 0.1) is 19.5 Å². The molecule has 3 aromatic rings. The molecule has 1 aliphatic carbocycles. The topological polar surface area (TPSA) is 50.9 Å². The van der Waals surface area contributed by atoms with Crippen LogP contribution in [-0.2, 0) is 6.54 Å². The molecule has 3 nitrogen and oxygen atoms in total. The lowest BCUT2D eigenvalue weighted by Gasteiger charge is -2.24. The highest BCUT2D eigenvalue weighted by atomic mass is 127. The summed E-state index contributed by atoms with van der Waals surface area (Å²) in [5.41, 5.74) is 9.65. The number of benzene rings is 1. The van der Waals surface area contributed by atoms with Gasteiger partial charge in [0, 0.05) is 29.4 Å². The Morgan fingerprint density at radius 3 is 2.77 bits per heavy atom. The number of hydrogen-bond donors (Lipinski definition) is 2. The Balaban J connectivity index is 1.72. The van der Waals surface area contributed by atoms with Crippen molar-refractivity contribution in [2.75, 3.05) is 5.32 Å². The van der Waals surface area contributed by atoms with Gasteiger partial charge in [0.1, 0.15) is 5.15 Å². The van der Waals surface area contributed by atoms with Gasteiger partial charge in [-0.1, -0.05) is 54.1 Å². The molecule has 0 amide bonds. The molecule has 0 aliphatic heterocycles. The highest BCUT2D eigenvalue weighted by Crippen LogP contribution is 2.43. The molecule has 0 spiro atoms. The Kier molecular flexibility index (Phi) is 5.50. The Bertz CT molecular complexity index is 955. The van der Waals surface area contributed by atoms with Gasteiger partial charge in [-0.25, -0.2) is 4.98 Å². The van der Waals surface area contributed by atoms with Gasteiger partial charge in [0.15, 0.2) is 0 Å². The molecule has 2 aromatic heterocycles. The van der Waals surface area contributed by atoms with Crippen molar-refractivity contribution >= 4 is 61.4 Å². The van der Waals surface area contributed by atoms with Crippen LogP contribution in [0.4, 0.5) is 5.69 Å². The summed E-state index contributed by atoms with van der Waals surface area (Å²) in [4.78, 5) is 5.93. The second-order valence-electron chi connectivity index (χ2n) is 6.50. The number of anilines is 1. The second kappa shape index (κ2) is 7.84. The molecule has 134 valence electrons. The maximum atomic E-state index is 6.39. The van der Waals surface area contributed by atoms with Crippen LogP contribution in [-0.4, -0.2) is 11.0 Å². The van der Waals surface area contributed by atoms with Crippen LogP contribution in [0.5, 0.6) is 0 Å². The first-order chi connectivity index (χ1) is 12.6. The summed E-state index contributed by atoms with van der Waals surface area (Å²) < 4.78 is 2.34. The fraction of sp³-hybridized carbons (Fsp3) is 0.250. The van der Waals surface area contributed by atoms with E-state index in [0.717, 1.165) is 35.3 Å². The van der Waals surface area contributed by atoms with Crippen LogP contribution in [0.2, 0.25) is 5.15 Å². The molecule has 0 fully saturated rings. The fourth-order valence-corrected chi connectivity index (χ4v) is 6.14. The van der Waals surface area contributed by atoms with Crippen molar-refractivity contribution in [3.63, 3.8) is 0 Å². The number of hydrogen-bond acceptors (Lipinski definition) is 4. The van der Waals surface area contributed by atoms with Crippen molar-refractivity contribution < 1.29 is 0 Å². The lowest BCUT2D eigenvalue weighted by atomic mass is 9.88. The number of fused-ring (bicyclic) bond motifs is 1. The van der Waals surface area contributed by atoms with Gasteiger partial charge in [-0.3, -0.25) is 0 Å². The molecule has 0 saturated carbocycles. The number of allylic oxidation sites excluding steroid dienone is 1. The Labute approximate surface area is 175 Å². The minimum atomic E-state index is 0.165. The number of thiophene rings is 1. The van der Waals surface area contributed by atoms with Crippen molar-refractivity contribution in [2.24, 2.45) is 5.73 Å². The number of aromatic nitrogens is 1. The normalized spacial score (nSPS) is 19.8. The number of halogens is 2. The van der Waals surface area contributed by atoms with Crippen molar-refractivity contribution in [3.8, 4) is 0 Å². The third-order valence-corrected chi connectivity index (χ3v) is 7.72. The van der Waals surface area contributed by atoms with Gasteiger partial charge in [0.2, 0.25) is 0 Å². The number of nitrogens with zero attached hydrogens (tertiary/aromatic N) is 1. The van der Waals surface area contributed by atoms with E-state index in [1.165, 1.54) is 14.0 Å². The van der Waals surface area contributed by atoms with Crippen LogP contribution < -0.4 is 11.1 Å². The molecule has 2 heterocycles. The van der Waals surface area contributed by atoms with Gasteiger partial charge in [0.25, 0.3) is 0 Å². The van der Waals surface area contributed by atoms with E-state index in [1.807, 2.05) is 12.1 Å². The summed E-state index contributed by atoms with van der Waals surface area (Å²) in [6, 6.07) is 12.4. The zero-order chi connectivity index (χ0) is 18.1. The molecule has 26 heavy (non-hydrogen) atoms. The maximum absolute atomic E-state index is 6.39. The fourth-order valence-electron chi connectivity index (χ4n) is 3.33. The number of nitrogens with one attached hydrogen (secondary N) is 1. The predicted molar refractivity (Wildman–Crippen MR) is 120 cm³/mol. The van der Waals surface area contributed by atoms with E-state index in [0.29, 0.717) is 11.1 Å². The molecule has 0 radical (unpaired) electrons. The van der Waals surface area contributed by atoms with E-state index in [2.05, 4.69) is 69.3 Å². The lowest BCUT2D eigenvalue weighted by Crippen LogP contribution is -2.29. The molecule has 0 saturated heterocycles. The first-order valence-corrected chi connectivity index (χ1v) is 10.9. The smallest absolute Gasteiger partial charge is 0.131 e. The summed E-state index contributed by atoms with van der Waals surface area (Å²) in [5, 5.41) is 4.05. The summed E-state index contributed by atoms with van der Waals surface area (Å²) in [6.07, 6.45) is 6.35. The number of rotatable bonds is 4. The van der Waals surface area contributed by atoms with E-state index in [9.17, 15) is 0 Å². The summed E-state index contributed by atoms with van der Waals surface area (Å²) >= 11 is 10.5. The van der Waals surface area contributed by atoms with Crippen molar-refractivity contribution in [1.82, 2.24) is 4.98 Å². The highest BCUT2D eigenvalue weighted by Gasteiger charge is 2.27. The summed E-state index contributed by atoms with van der Waals surface area (Å²) in [7, 11) is 0. The zero-order valence-electron chi connectivity index (χ0n) is 14.1. The molecule has 1 aromatic carbocycles. The quantitative estimate of drug-likeness (QED) is 0.268. The molecule has 2 atom stereocenters. The monoisotopic (exact) mass is 495 g/mol. The Morgan fingerprint density at radius 2 is 2.00 bits per heavy atom. The van der Waals surface area contributed by atoms with E-state index < -0.39 is 0 Å². The minimum absolute atomic E-state index is 0.165. The third-order valence-electron chi connectivity index (χ3n) is 4.72. The third kappa shape index (κ3) is 3.63. The van der Waals surface area contributed by atoms with E-state index in [1.54, 1.807) is 11.3 Å². The van der Waals surface area contributed by atoms with Gasteiger partial charge < -0.3 is 11.1 Å². The van der Waals surface area contributed by atoms with Crippen LogP contribution in [0.15, 0.2) is 48.6 Å². The molecule has 0 unspecified atom stereocenters. The summed E-state index contributed by atoms with van der Waals surface area (Å²) in [6.45, 7) is 0.756. The second-order valence-corrected chi connectivity index (χ2v) is 9.02. The van der Waals surface area contributed by atoms with Crippen molar-refractivity contribution in [1.29, 1.82) is 0 Å². The first kappa shape index (κ1) is 18.2. The van der Waals surface area contributed by atoms with Crippen molar-refractivity contribution in [3.05, 3.63) is 67.7 Å². The molecule has 4 rings (SSSR count). The molecular weight excluding hydrogens is 477 g/mol. The molecular formula is C20H19ClIN3S. The van der Waals surface area contributed by atoms with Crippen LogP contribution in [0.3, 0.4) is 0 Å².